The molecule has 100 valence electrons. The molecule has 0 aliphatic rings. The van der Waals surface area contributed by atoms with Crippen LogP contribution < -0.4 is 16.2 Å². The highest BCUT2D eigenvalue weighted by Crippen LogP contribution is 2.27. The number of nitrogens with two attached hydrogens (primary N) is 2. The summed E-state index contributed by atoms with van der Waals surface area (Å²) in [6.07, 6.45) is 0. The maximum absolute atomic E-state index is 10.9. The van der Waals surface area contributed by atoms with Gasteiger partial charge in [-0.1, -0.05) is 0 Å². The lowest BCUT2D eigenvalue weighted by Crippen LogP contribution is -1.97. The van der Waals surface area contributed by atoms with Gasteiger partial charge < -0.3 is 16.2 Å². The van der Waals surface area contributed by atoms with Gasteiger partial charge in [0.05, 0.1) is 16.3 Å². The normalized spacial score (nSPS) is 11.2. The van der Waals surface area contributed by atoms with Crippen LogP contribution in [0.2, 0.25) is 0 Å². The largest absolute Gasteiger partial charge is 0.457 e. The number of anilines is 2. The average molecular weight is 280 g/mol. The second-order valence-corrected chi connectivity index (χ2v) is 5.26. The van der Waals surface area contributed by atoms with Gasteiger partial charge >= 0.3 is 0 Å². The molecule has 0 bridgehead atoms. The van der Waals surface area contributed by atoms with Crippen molar-refractivity contribution in [2.24, 2.45) is 0 Å². The SMILES string of the molecule is Nc1ccc(Oc2ccc(S(=O)(=O)O)cc2)cc1N. The fourth-order valence-electron chi connectivity index (χ4n) is 1.43. The molecule has 0 aliphatic carbocycles. The van der Waals surface area contributed by atoms with Crippen LogP contribution in [0.4, 0.5) is 11.4 Å². The summed E-state index contributed by atoms with van der Waals surface area (Å²) in [5, 5.41) is 0. The molecule has 0 heterocycles. The number of rotatable bonds is 3. The second kappa shape index (κ2) is 4.79. The lowest BCUT2D eigenvalue weighted by atomic mass is 10.2. The van der Waals surface area contributed by atoms with Crippen molar-refractivity contribution >= 4 is 21.5 Å². The van der Waals surface area contributed by atoms with Crippen molar-refractivity contribution in [3.8, 4) is 11.5 Å². The molecule has 0 atom stereocenters. The third-order valence-electron chi connectivity index (χ3n) is 2.42. The number of nitrogen functional groups attached to an aromatic ring is 2. The van der Waals surface area contributed by atoms with E-state index in [0.717, 1.165) is 0 Å². The summed E-state index contributed by atoms with van der Waals surface area (Å²) in [5.74, 6) is 0.892. The number of ether oxygens (including phenoxy) is 1. The molecule has 2 rings (SSSR count). The Morgan fingerprint density at radius 3 is 2.00 bits per heavy atom. The average Bonchev–Trinajstić information content (AvgIpc) is 2.33. The Balaban J connectivity index is 2.22. The van der Waals surface area contributed by atoms with Crippen LogP contribution in [0.3, 0.4) is 0 Å². The predicted molar refractivity (Wildman–Crippen MR) is 71.6 cm³/mol. The molecule has 0 fully saturated rings. The van der Waals surface area contributed by atoms with Gasteiger partial charge in [0.15, 0.2) is 0 Å². The molecule has 7 heteroatoms. The molecule has 0 aromatic heterocycles. The Hall–Kier alpha value is -2.25. The summed E-state index contributed by atoms with van der Waals surface area (Å²) >= 11 is 0. The lowest BCUT2D eigenvalue weighted by molar-refractivity contribution is 0.478. The first kappa shape index (κ1) is 13.2. The third-order valence-corrected chi connectivity index (χ3v) is 3.28. The van der Waals surface area contributed by atoms with Crippen molar-refractivity contribution in [1.29, 1.82) is 0 Å². The molecule has 0 spiro atoms. The lowest BCUT2D eigenvalue weighted by Gasteiger charge is -2.08. The van der Waals surface area contributed by atoms with Gasteiger partial charge in [0, 0.05) is 6.07 Å². The molecule has 0 saturated heterocycles. The Labute approximate surface area is 110 Å². The zero-order valence-electron chi connectivity index (χ0n) is 9.78. The molecule has 6 nitrogen and oxygen atoms in total. The van der Waals surface area contributed by atoms with E-state index in [1.165, 1.54) is 24.3 Å². The van der Waals surface area contributed by atoms with E-state index in [4.69, 9.17) is 20.8 Å². The Bertz CT molecular complexity index is 696. The zero-order chi connectivity index (χ0) is 14.0. The van der Waals surface area contributed by atoms with E-state index in [-0.39, 0.29) is 4.90 Å². The van der Waals surface area contributed by atoms with Crippen molar-refractivity contribution in [3.63, 3.8) is 0 Å². The first-order valence-corrected chi connectivity index (χ1v) is 6.71. The van der Waals surface area contributed by atoms with Crippen LogP contribution >= 0.6 is 0 Å². The van der Waals surface area contributed by atoms with Crippen molar-refractivity contribution in [1.82, 2.24) is 0 Å². The topological polar surface area (TPSA) is 116 Å². The van der Waals surface area contributed by atoms with Crippen LogP contribution in [0.5, 0.6) is 11.5 Å². The third kappa shape index (κ3) is 3.15. The maximum atomic E-state index is 10.9. The van der Waals surface area contributed by atoms with Gasteiger partial charge in [0.1, 0.15) is 11.5 Å². The monoisotopic (exact) mass is 280 g/mol. The summed E-state index contributed by atoms with van der Waals surface area (Å²) in [6, 6.07) is 10.1. The van der Waals surface area contributed by atoms with Crippen LogP contribution in [-0.2, 0) is 10.1 Å². The van der Waals surface area contributed by atoms with Gasteiger partial charge in [-0.2, -0.15) is 8.42 Å². The van der Waals surface area contributed by atoms with Crippen molar-refractivity contribution in [3.05, 3.63) is 42.5 Å². The van der Waals surface area contributed by atoms with Gasteiger partial charge in [-0.15, -0.1) is 0 Å². The van der Waals surface area contributed by atoms with Crippen LogP contribution in [0.25, 0.3) is 0 Å². The van der Waals surface area contributed by atoms with Crippen LogP contribution in [0.15, 0.2) is 47.4 Å². The number of benzene rings is 2. The highest BCUT2D eigenvalue weighted by molar-refractivity contribution is 7.85. The second-order valence-electron chi connectivity index (χ2n) is 3.84. The molecule has 2 aromatic rings. The van der Waals surface area contributed by atoms with Gasteiger partial charge in [-0.3, -0.25) is 4.55 Å². The molecule has 0 amide bonds. The Kier molecular flexibility index (Phi) is 3.32. The Morgan fingerprint density at radius 2 is 1.47 bits per heavy atom. The van der Waals surface area contributed by atoms with E-state index in [1.54, 1.807) is 18.2 Å². The minimum absolute atomic E-state index is 0.198. The minimum atomic E-state index is -4.20. The molecule has 0 aliphatic heterocycles. The molecule has 0 radical (unpaired) electrons. The smallest absolute Gasteiger partial charge is 0.294 e. The molecular weight excluding hydrogens is 268 g/mol. The van der Waals surface area contributed by atoms with Gasteiger partial charge in [-0.05, 0) is 36.4 Å². The summed E-state index contributed by atoms with van der Waals surface area (Å²) < 4.78 is 36.0. The van der Waals surface area contributed by atoms with Crippen LogP contribution in [0, 0.1) is 0 Å². The van der Waals surface area contributed by atoms with Crippen LogP contribution in [0.1, 0.15) is 0 Å². The van der Waals surface area contributed by atoms with E-state index in [2.05, 4.69) is 0 Å². The maximum Gasteiger partial charge on any atom is 0.294 e. The Morgan fingerprint density at radius 1 is 0.895 bits per heavy atom. The summed E-state index contributed by atoms with van der Waals surface area (Å²) in [4.78, 5) is -0.198. The standard InChI is InChI=1S/C12H12N2O4S/c13-11-6-3-9(7-12(11)14)18-8-1-4-10(5-2-8)19(15,16)17/h1-7H,13-14H2,(H,15,16,17). The first-order valence-electron chi connectivity index (χ1n) is 5.27. The number of hydrogen-bond acceptors (Lipinski definition) is 5. The molecule has 0 saturated carbocycles. The molecule has 19 heavy (non-hydrogen) atoms. The highest BCUT2D eigenvalue weighted by atomic mass is 32.2. The molecule has 2 aromatic carbocycles. The highest BCUT2D eigenvalue weighted by Gasteiger charge is 2.09. The van der Waals surface area contributed by atoms with E-state index < -0.39 is 10.1 Å². The summed E-state index contributed by atoms with van der Waals surface area (Å²) in [5.41, 5.74) is 12.1. The summed E-state index contributed by atoms with van der Waals surface area (Å²) in [7, 11) is -4.20. The van der Waals surface area contributed by atoms with E-state index in [1.807, 2.05) is 0 Å². The minimum Gasteiger partial charge on any atom is -0.457 e. The van der Waals surface area contributed by atoms with E-state index in [9.17, 15) is 8.42 Å². The van der Waals surface area contributed by atoms with E-state index >= 15 is 0 Å². The fourth-order valence-corrected chi connectivity index (χ4v) is 1.91. The molecule has 0 unspecified atom stereocenters. The van der Waals surface area contributed by atoms with Gasteiger partial charge in [-0.25, -0.2) is 0 Å². The van der Waals surface area contributed by atoms with E-state index in [0.29, 0.717) is 22.9 Å². The van der Waals surface area contributed by atoms with Crippen molar-refractivity contribution < 1.29 is 17.7 Å². The van der Waals surface area contributed by atoms with Crippen molar-refractivity contribution in [2.75, 3.05) is 11.5 Å². The van der Waals surface area contributed by atoms with Crippen LogP contribution in [-0.4, -0.2) is 13.0 Å². The molecular formula is C12H12N2O4S. The first-order chi connectivity index (χ1) is 8.86. The molecule has 5 N–H and O–H groups in total. The van der Waals surface area contributed by atoms with Gasteiger partial charge in [0.2, 0.25) is 0 Å². The van der Waals surface area contributed by atoms with Crippen molar-refractivity contribution in [2.45, 2.75) is 4.90 Å². The quantitative estimate of drug-likeness (QED) is 0.584. The van der Waals surface area contributed by atoms with Gasteiger partial charge in [0.25, 0.3) is 10.1 Å². The summed E-state index contributed by atoms with van der Waals surface area (Å²) in [6.45, 7) is 0. The fraction of sp³-hybridized carbons (Fsp3) is 0. The predicted octanol–water partition coefficient (Wildman–Crippen LogP) is 1.89. The number of hydrogen-bond donors (Lipinski definition) is 3. The zero-order valence-corrected chi connectivity index (χ0v) is 10.6.